The summed E-state index contributed by atoms with van der Waals surface area (Å²) in [4.78, 5) is 17.2. The van der Waals surface area contributed by atoms with Gasteiger partial charge in [-0.1, -0.05) is 59.1 Å². The maximum absolute atomic E-state index is 13.3. The van der Waals surface area contributed by atoms with Crippen molar-refractivity contribution in [2.45, 2.75) is 26.3 Å². The second-order valence-corrected chi connectivity index (χ2v) is 9.06. The van der Waals surface area contributed by atoms with Crippen LogP contribution in [0.4, 0.5) is 16.5 Å². The van der Waals surface area contributed by atoms with Crippen molar-refractivity contribution >= 4 is 57.3 Å². The zero-order valence-corrected chi connectivity index (χ0v) is 15.7. The summed E-state index contributed by atoms with van der Waals surface area (Å²) < 4.78 is 0.700. The second-order valence-electron chi connectivity index (χ2n) is 5.38. The van der Waals surface area contributed by atoms with Gasteiger partial charge in [-0.25, -0.2) is 0 Å². The molecule has 0 saturated heterocycles. The van der Waals surface area contributed by atoms with E-state index in [1.54, 1.807) is 11.8 Å². The Kier molecular flexibility index (Phi) is 4.41. The number of rotatable bonds is 3. The van der Waals surface area contributed by atoms with Gasteiger partial charge in [-0.2, -0.15) is 0 Å². The molecule has 2 aromatic carbocycles. The molecule has 5 nitrogen and oxygen atoms in total. The molecule has 2 N–H and O–H groups in total. The number of hydrogen-bond donors (Lipinski definition) is 1. The molecule has 126 valence electrons. The largest absolute Gasteiger partial charge is 0.374 e. The molecule has 3 aromatic rings. The summed E-state index contributed by atoms with van der Waals surface area (Å²) in [6, 6.07) is 15.9. The van der Waals surface area contributed by atoms with Gasteiger partial charge in [0.1, 0.15) is 0 Å². The van der Waals surface area contributed by atoms with Gasteiger partial charge in [-0.15, -0.1) is 10.2 Å². The molecule has 0 saturated carbocycles. The van der Waals surface area contributed by atoms with Gasteiger partial charge in [-0.3, -0.25) is 9.69 Å². The van der Waals surface area contributed by atoms with E-state index >= 15 is 0 Å². The molecule has 0 aliphatic carbocycles. The number of aromatic nitrogens is 2. The van der Waals surface area contributed by atoms with Crippen molar-refractivity contribution in [2.75, 3.05) is 10.6 Å². The predicted molar refractivity (Wildman–Crippen MR) is 104 cm³/mol. The van der Waals surface area contributed by atoms with E-state index < -0.39 is 0 Å². The summed E-state index contributed by atoms with van der Waals surface area (Å²) in [6.45, 7) is 1.89. The molecule has 1 aliphatic rings. The lowest BCUT2D eigenvalue weighted by Crippen LogP contribution is -2.34. The fraction of sp³-hybridized carbons (Fsp3) is 0.118. The lowest BCUT2D eigenvalue weighted by Gasteiger charge is -2.32. The normalized spacial score (nSPS) is 13.9. The summed E-state index contributed by atoms with van der Waals surface area (Å²) in [6.07, 6.45) is 0. The van der Waals surface area contributed by atoms with Crippen molar-refractivity contribution in [3.63, 3.8) is 0 Å². The topological polar surface area (TPSA) is 72.1 Å². The van der Waals surface area contributed by atoms with E-state index in [1.807, 2.05) is 60.4 Å². The standard InChI is InChI=1S/C17H14N4OS3/c1-10(23-17-20-19-16(18)25-17)15(22)21-11-6-2-4-8-13(11)24-14-9-5-3-7-12(14)21/h2-10H,1H3,(H2,18,19). The Morgan fingerprint density at radius 3 is 2.24 bits per heavy atom. The highest BCUT2D eigenvalue weighted by Crippen LogP contribution is 2.48. The summed E-state index contributed by atoms with van der Waals surface area (Å²) >= 11 is 4.36. The molecule has 4 rings (SSSR count). The Morgan fingerprint density at radius 2 is 1.68 bits per heavy atom. The van der Waals surface area contributed by atoms with Crippen LogP contribution >= 0.6 is 34.9 Å². The van der Waals surface area contributed by atoms with Crippen molar-refractivity contribution in [1.82, 2.24) is 10.2 Å². The van der Waals surface area contributed by atoms with Crippen LogP contribution in [0.2, 0.25) is 0 Å². The van der Waals surface area contributed by atoms with E-state index in [1.165, 1.54) is 23.1 Å². The number of amides is 1. The maximum atomic E-state index is 13.3. The number of hydrogen-bond acceptors (Lipinski definition) is 7. The predicted octanol–water partition coefficient (Wildman–Crippen LogP) is 4.43. The first kappa shape index (κ1) is 16.4. The molecular weight excluding hydrogens is 372 g/mol. The molecule has 1 amide bonds. The molecule has 0 spiro atoms. The molecule has 1 aromatic heterocycles. The van der Waals surface area contributed by atoms with Crippen molar-refractivity contribution in [3.05, 3.63) is 48.5 Å². The van der Waals surface area contributed by atoms with Crippen molar-refractivity contribution in [3.8, 4) is 0 Å². The summed E-state index contributed by atoms with van der Waals surface area (Å²) in [7, 11) is 0. The zero-order chi connectivity index (χ0) is 17.4. The quantitative estimate of drug-likeness (QED) is 0.671. The van der Waals surface area contributed by atoms with Crippen LogP contribution in [-0.4, -0.2) is 21.4 Å². The highest BCUT2D eigenvalue weighted by Gasteiger charge is 2.31. The smallest absolute Gasteiger partial charge is 0.244 e. The van der Waals surface area contributed by atoms with Crippen molar-refractivity contribution < 1.29 is 4.79 Å². The van der Waals surface area contributed by atoms with Crippen molar-refractivity contribution in [2.24, 2.45) is 0 Å². The third-order valence-corrected chi connectivity index (χ3v) is 6.75. The molecule has 2 heterocycles. The average Bonchev–Trinajstić information content (AvgIpc) is 3.03. The Balaban J connectivity index is 1.70. The van der Waals surface area contributed by atoms with E-state index in [4.69, 9.17) is 5.73 Å². The van der Waals surface area contributed by atoms with E-state index in [-0.39, 0.29) is 11.2 Å². The number of anilines is 3. The van der Waals surface area contributed by atoms with Crippen LogP contribution in [0.25, 0.3) is 0 Å². The number of carbonyl (C=O) groups is 1. The number of benzene rings is 2. The first-order chi connectivity index (χ1) is 12.1. The fourth-order valence-corrected chi connectivity index (χ4v) is 5.47. The molecule has 8 heteroatoms. The number of nitrogens with two attached hydrogens (primary N) is 1. The maximum Gasteiger partial charge on any atom is 0.244 e. The fourth-order valence-electron chi connectivity index (χ4n) is 2.59. The van der Waals surface area contributed by atoms with Crippen LogP contribution in [0.5, 0.6) is 0 Å². The van der Waals surface area contributed by atoms with Gasteiger partial charge in [0.25, 0.3) is 0 Å². The van der Waals surface area contributed by atoms with Gasteiger partial charge < -0.3 is 5.73 Å². The second kappa shape index (κ2) is 6.70. The first-order valence-corrected chi connectivity index (χ1v) is 10.1. The van der Waals surface area contributed by atoms with E-state index in [0.29, 0.717) is 9.47 Å². The lowest BCUT2D eigenvalue weighted by molar-refractivity contribution is -0.117. The van der Waals surface area contributed by atoms with Gasteiger partial charge in [0.15, 0.2) is 4.34 Å². The zero-order valence-electron chi connectivity index (χ0n) is 13.2. The Labute approximate surface area is 157 Å². The van der Waals surface area contributed by atoms with Gasteiger partial charge >= 0.3 is 0 Å². The van der Waals surface area contributed by atoms with Crippen LogP contribution in [0, 0.1) is 0 Å². The minimum absolute atomic E-state index is 0.0129. The monoisotopic (exact) mass is 386 g/mol. The molecule has 1 atom stereocenters. The van der Waals surface area contributed by atoms with Gasteiger partial charge in [0, 0.05) is 9.79 Å². The van der Waals surface area contributed by atoms with E-state index in [0.717, 1.165) is 21.2 Å². The summed E-state index contributed by atoms with van der Waals surface area (Å²) in [5, 5.41) is 7.91. The number of nitrogen functional groups attached to an aromatic ring is 1. The van der Waals surface area contributed by atoms with Crippen LogP contribution < -0.4 is 10.6 Å². The average molecular weight is 387 g/mol. The molecule has 0 bridgehead atoms. The molecule has 0 fully saturated rings. The number of nitrogens with zero attached hydrogens (tertiary/aromatic N) is 3. The molecule has 25 heavy (non-hydrogen) atoms. The first-order valence-electron chi connectivity index (χ1n) is 7.59. The highest BCUT2D eigenvalue weighted by atomic mass is 32.2. The van der Waals surface area contributed by atoms with Crippen molar-refractivity contribution in [1.29, 1.82) is 0 Å². The SMILES string of the molecule is CC(Sc1nnc(N)s1)C(=O)N1c2ccccc2Sc2ccccc21. The van der Waals surface area contributed by atoms with Crippen LogP contribution in [-0.2, 0) is 4.79 Å². The number of carbonyl (C=O) groups excluding carboxylic acids is 1. The number of para-hydroxylation sites is 2. The highest BCUT2D eigenvalue weighted by molar-refractivity contribution is 8.02. The van der Waals surface area contributed by atoms with Crippen LogP contribution in [0.1, 0.15) is 6.92 Å². The number of fused-ring (bicyclic) bond motifs is 2. The molecule has 0 radical (unpaired) electrons. The van der Waals surface area contributed by atoms with E-state index in [9.17, 15) is 4.79 Å². The van der Waals surface area contributed by atoms with Gasteiger partial charge in [-0.05, 0) is 31.2 Å². The minimum atomic E-state index is -0.309. The lowest BCUT2D eigenvalue weighted by atomic mass is 10.2. The van der Waals surface area contributed by atoms with Gasteiger partial charge in [0.2, 0.25) is 11.0 Å². The Morgan fingerprint density at radius 1 is 1.08 bits per heavy atom. The Bertz CT molecular complexity index is 897. The molecular formula is C17H14N4OS3. The van der Waals surface area contributed by atoms with E-state index in [2.05, 4.69) is 10.2 Å². The van der Waals surface area contributed by atoms with Crippen LogP contribution in [0.3, 0.4) is 0 Å². The Hall–Kier alpha value is -2.03. The molecule has 1 unspecified atom stereocenters. The third-order valence-electron chi connectivity index (χ3n) is 3.70. The third kappa shape index (κ3) is 3.12. The number of thioether (sulfide) groups is 1. The summed E-state index contributed by atoms with van der Waals surface area (Å²) in [5.41, 5.74) is 7.47. The van der Waals surface area contributed by atoms with Crippen LogP contribution in [0.15, 0.2) is 62.7 Å². The minimum Gasteiger partial charge on any atom is -0.374 e. The summed E-state index contributed by atoms with van der Waals surface area (Å²) in [5.74, 6) is 0.0129. The molecule has 1 aliphatic heterocycles. The van der Waals surface area contributed by atoms with Gasteiger partial charge in [0.05, 0.1) is 16.6 Å².